The quantitative estimate of drug-likeness (QED) is 0.890. The molecule has 0 spiro atoms. The molecule has 5 nitrogen and oxygen atoms in total. The standard InChI is InChI=1S/C20H24FN3O2/c1-2-26-19-9-3-16(4-10-19)15-23-11-13-24(14-12-23)20(25)22-18-7-5-17(21)6-8-18/h3-10H,2,11-15H2,1H3,(H,22,25). The van der Waals surface area contributed by atoms with Crippen LogP contribution in [0, 0.1) is 5.82 Å². The minimum absolute atomic E-state index is 0.141. The Morgan fingerprint density at radius 2 is 1.69 bits per heavy atom. The summed E-state index contributed by atoms with van der Waals surface area (Å²) in [6.45, 7) is 6.49. The topological polar surface area (TPSA) is 44.8 Å². The number of benzene rings is 2. The molecule has 1 fully saturated rings. The maximum absolute atomic E-state index is 12.9. The zero-order valence-electron chi connectivity index (χ0n) is 15.0. The van der Waals surface area contributed by atoms with Gasteiger partial charge in [-0.3, -0.25) is 4.90 Å². The lowest BCUT2D eigenvalue weighted by atomic mass is 10.2. The third-order valence-electron chi connectivity index (χ3n) is 4.40. The van der Waals surface area contributed by atoms with Gasteiger partial charge in [0.2, 0.25) is 0 Å². The summed E-state index contributed by atoms with van der Waals surface area (Å²) in [5.41, 5.74) is 1.84. The van der Waals surface area contributed by atoms with Crippen LogP contribution >= 0.6 is 0 Å². The highest BCUT2D eigenvalue weighted by Gasteiger charge is 2.21. The number of ether oxygens (including phenoxy) is 1. The molecule has 6 heteroatoms. The Labute approximate surface area is 153 Å². The van der Waals surface area contributed by atoms with Crippen molar-refractivity contribution < 1.29 is 13.9 Å². The lowest BCUT2D eigenvalue weighted by Gasteiger charge is -2.34. The first kappa shape index (κ1) is 18.2. The van der Waals surface area contributed by atoms with Crippen LogP contribution < -0.4 is 10.1 Å². The van der Waals surface area contributed by atoms with Crippen molar-refractivity contribution in [3.8, 4) is 5.75 Å². The largest absolute Gasteiger partial charge is 0.494 e. The van der Waals surface area contributed by atoms with E-state index in [9.17, 15) is 9.18 Å². The third kappa shape index (κ3) is 4.95. The molecule has 3 rings (SSSR count). The summed E-state index contributed by atoms with van der Waals surface area (Å²) in [5, 5.41) is 2.81. The van der Waals surface area contributed by atoms with Gasteiger partial charge in [-0.05, 0) is 48.9 Å². The zero-order valence-corrected chi connectivity index (χ0v) is 15.0. The summed E-state index contributed by atoms with van der Waals surface area (Å²) in [4.78, 5) is 16.4. The number of piperazine rings is 1. The summed E-state index contributed by atoms with van der Waals surface area (Å²) in [5.74, 6) is 0.574. The molecule has 0 saturated carbocycles. The normalized spacial score (nSPS) is 14.9. The molecule has 0 aromatic heterocycles. The summed E-state index contributed by atoms with van der Waals surface area (Å²) >= 11 is 0. The van der Waals surface area contributed by atoms with Gasteiger partial charge in [0.25, 0.3) is 0 Å². The highest BCUT2D eigenvalue weighted by Crippen LogP contribution is 2.15. The van der Waals surface area contributed by atoms with Crippen molar-refractivity contribution in [2.45, 2.75) is 13.5 Å². The van der Waals surface area contributed by atoms with Crippen LogP contribution in [0.1, 0.15) is 12.5 Å². The summed E-state index contributed by atoms with van der Waals surface area (Å²) in [6, 6.07) is 13.8. The second-order valence-electron chi connectivity index (χ2n) is 6.28. The van der Waals surface area contributed by atoms with Crippen molar-refractivity contribution in [1.82, 2.24) is 9.80 Å². The molecule has 0 unspecified atom stereocenters. The Morgan fingerprint density at radius 1 is 1.04 bits per heavy atom. The van der Waals surface area contributed by atoms with Gasteiger partial charge in [-0.1, -0.05) is 12.1 Å². The molecule has 26 heavy (non-hydrogen) atoms. The molecular weight excluding hydrogens is 333 g/mol. The number of hydrogen-bond donors (Lipinski definition) is 1. The average molecular weight is 357 g/mol. The van der Waals surface area contributed by atoms with E-state index in [4.69, 9.17) is 4.74 Å². The molecule has 0 atom stereocenters. The first-order valence-corrected chi connectivity index (χ1v) is 8.89. The number of urea groups is 1. The highest BCUT2D eigenvalue weighted by molar-refractivity contribution is 5.89. The first-order valence-electron chi connectivity index (χ1n) is 8.89. The maximum Gasteiger partial charge on any atom is 0.321 e. The van der Waals surface area contributed by atoms with E-state index in [1.54, 1.807) is 17.0 Å². The molecule has 138 valence electrons. The van der Waals surface area contributed by atoms with Gasteiger partial charge in [0, 0.05) is 38.4 Å². The van der Waals surface area contributed by atoms with E-state index in [2.05, 4.69) is 22.3 Å². The molecule has 1 aliphatic heterocycles. The average Bonchev–Trinajstić information content (AvgIpc) is 2.66. The van der Waals surface area contributed by atoms with Gasteiger partial charge in [0.1, 0.15) is 11.6 Å². The van der Waals surface area contributed by atoms with Crippen LogP contribution in [0.5, 0.6) is 5.75 Å². The van der Waals surface area contributed by atoms with Gasteiger partial charge in [-0.25, -0.2) is 9.18 Å². The van der Waals surface area contributed by atoms with Crippen LogP contribution in [-0.4, -0.2) is 48.6 Å². The monoisotopic (exact) mass is 357 g/mol. The Bertz CT molecular complexity index is 711. The Kier molecular flexibility index (Phi) is 6.07. The number of carbonyl (C=O) groups excluding carboxylic acids is 1. The summed E-state index contributed by atoms with van der Waals surface area (Å²) in [7, 11) is 0. The lowest BCUT2D eigenvalue weighted by molar-refractivity contribution is 0.143. The maximum atomic E-state index is 12.9. The van der Waals surface area contributed by atoms with Crippen LogP contribution in [-0.2, 0) is 6.54 Å². The molecule has 1 N–H and O–H groups in total. The van der Waals surface area contributed by atoms with Crippen LogP contribution in [0.2, 0.25) is 0 Å². The highest BCUT2D eigenvalue weighted by atomic mass is 19.1. The Balaban J connectivity index is 1.46. The smallest absolute Gasteiger partial charge is 0.321 e. The van der Waals surface area contributed by atoms with Gasteiger partial charge in [0.05, 0.1) is 6.61 Å². The molecule has 1 saturated heterocycles. The lowest BCUT2D eigenvalue weighted by Crippen LogP contribution is -2.49. The number of anilines is 1. The SMILES string of the molecule is CCOc1ccc(CN2CCN(C(=O)Nc3ccc(F)cc3)CC2)cc1. The number of nitrogens with one attached hydrogen (secondary N) is 1. The number of nitrogens with zero attached hydrogens (tertiary/aromatic N) is 2. The van der Waals surface area contributed by atoms with Gasteiger partial charge in [-0.15, -0.1) is 0 Å². The molecule has 2 amide bonds. The first-order chi connectivity index (χ1) is 12.6. The van der Waals surface area contributed by atoms with E-state index in [1.165, 1.54) is 17.7 Å². The van der Waals surface area contributed by atoms with E-state index < -0.39 is 0 Å². The van der Waals surface area contributed by atoms with E-state index in [-0.39, 0.29) is 11.8 Å². The van der Waals surface area contributed by atoms with Crippen molar-refractivity contribution in [1.29, 1.82) is 0 Å². The molecular formula is C20H24FN3O2. The van der Waals surface area contributed by atoms with Gasteiger partial charge >= 0.3 is 6.03 Å². The Morgan fingerprint density at radius 3 is 2.31 bits per heavy atom. The summed E-state index contributed by atoms with van der Waals surface area (Å²) in [6.07, 6.45) is 0. The number of amides is 2. The van der Waals surface area contributed by atoms with Gasteiger partial charge < -0.3 is 15.0 Å². The Hall–Kier alpha value is -2.60. The van der Waals surface area contributed by atoms with Crippen LogP contribution in [0.15, 0.2) is 48.5 Å². The van der Waals surface area contributed by atoms with Crippen molar-refractivity contribution >= 4 is 11.7 Å². The second kappa shape index (κ2) is 8.67. The van der Waals surface area contributed by atoms with E-state index in [0.717, 1.165) is 25.4 Å². The van der Waals surface area contributed by atoms with E-state index in [0.29, 0.717) is 25.4 Å². The van der Waals surface area contributed by atoms with Crippen molar-refractivity contribution in [2.24, 2.45) is 0 Å². The minimum atomic E-state index is -0.314. The number of halogens is 1. The molecule has 2 aromatic rings. The number of rotatable bonds is 5. The molecule has 2 aromatic carbocycles. The minimum Gasteiger partial charge on any atom is -0.494 e. The van der Waals surface area contributed by atoms with E-state index in [1.807, 2.05) is 19.1 Å². The van der Waals surface area contributed by atoms with Gasteiger partial charge in [-0.2, -0.15) is 0 Å². The van der Waals surface area contributed by atoms with Crippen molar-refractivity contribution in [3.63, 3.8) is 0 Å². The fraction of sp³-hybridized carbons (Fsp3) is 0.350. The number of hydrogen-bond acceptors (Lipinski definition) is 3. The molecule has 0 aliphatic carbocycles. The van der Waals surface area contributed by atoms with Crippen molar-refractivity contribution in [2.75, 3.05) is 38.1 Å². The summed E-state index contributed by atoms with van der Waals surface area (Å²) < 4.78 is 18.4. The second-order valence-corrected chi connectivity index (χ2v) is 6.28. The fourth-order valence-corrected chi connectivity index (χ4v) is 2.96. The molecule has 0 bridgehead atoms. The number of carbonyl (C=O) groups is 1. The molecule has 1 heterocycles. The van der Waals surface area contributed by atoms with Crippen LogP contribution in [0.4, 0.5) is 14.9 Å². The van der Waals surface area contributed by atoms with Crippen LogP contribution in [0.3, 0.4) is 0 Å². The molecule has 0 radical (unpaired) electrons. The van der Waals surface area contributed by atoms with E-state index >= 15 is 0 Å². The predicted molar refractivity (Wildman–Crippen MR) is 99.9 cm³/mol. The predicted octanol–water partition coefficient (Wildman–Crippen LogP) is 3.57. The van der Waals surface area contributed by atoms with Crippen LogP contribution in [0.25, 0.3) is 0 Å². The van der Waals surface area contributed by atoms with Crippen molar-refractivity contribution in [3.05, 3.63) is 59.9 Å². The molecule has 1 aliphatic rings. The van der Waals surface area contributed by atoms with Gasteiger partial charge in [0.15, 0.2) is 0 Å². The zero-order chi connectivity index (χ0) is 18.4. The third-order valence-corrected chi connectivity index (χ3v) is 4.40. The fourth-order valence-electron chi connectivity index (χ4n) is 2.96.